The second kappa shape index (κ2) is 5.95. The Kier molecular flexibility index (Phi) is 5.66. The predicted octanol–water partition coefficient (Wildman–Crippen LogP) is 3.94. The van der Waals surface area contributed by atoms with Crippen molar-refractivity contribution in [3.63, 3.8) is 0 Å². The van der Waals surface area contributed by atoms with Gasteiger partial charge in [-0.15, -0.1) is 0 Å². The third-order valence-electron chi connectivity index (χ3n) is 2.73. The molecule has 1 N–H and O–H groups in total. The van der Waals surface area contributed by atoms with Gasteiger partial charge in [0.15, 0.2) is 5.60 Å². The minimum Gasteiger partial charge on any atom is -0.458 e. The van der Waals surface area contributed by atoms with Crippen LogP contribution in [0.3, 0.4) is 0 Å². The molecule has 0 aliphatic heterocycles. The van der Waals surface area contributed by atoms with Crippen LogP contribution < -0.4 is 0 Å². The van der Waals surface area contributed by atoms with Crippen molar-refractivity contribution in [2.45, 2.75) is 69.3 Å². The van der Waals surface area contributed by atoms with Crippen LogP contribution in [0.5, 0.6) is 0 Å². The van der Waals surface area contributed by atoms with Gasteiger partial charge in [0.1, 0.15) is 5.60 Å². The summed E-state index contributed by atoms with van der Waals surface area (Å²) in [5.41, 5.74) is -11.3. The van der Waals surface area contributed by atoms with Gasteiger partial charge in [-0.25, -0.2) is 9.18 Å². The molecule has 0 rings (SSSR count). The highest BCUT2D eigenvalue weighted by Gasteiger charge is 2.82. The number of hydrogen-bond donors (Lipinski definition) is 1. The molecule has 0 amide bonds. The quantitative estimate of drug-likeness (QED) is 0.596. The Hall–Kier alpha value is -1.20. The molecule has 0 radical (unpaired) electrons. The Labute approximate surface area is 130 Å². The van der Waals surface area contributed by atoms with E-state index in [4.69, 9.17) is 0 Å². The molecule has 0 heterocycles. The van der Waals surface area contributed by atoms with E-state index >= 15 is 0 Å². The molecule has 0 aromatic rings. The van der Waals surface area contributed by atoms with Gasteiger partial charge in [0.25, 0.3) is 5.67 Å². The van der Waals surface area contributed by atoms with Crippen molar-refractivity contribution in [3.8, 4) is 0 Å². The average Bonchev–Trinajstić information content (AvgIpc) is 2.22. The lowest BCUT2D eigenvalue weighted by Crippen LogP contribution is -2.65. The summed E-state index contributed by atoms with van der Waals surface area (Å²) in [5, 5.41) is 9.56. The Morgan fingerprint density at radius 3 is 1.46 bits per heavy atom. The summed E-state index contributed by atoms with van der Waals surface area (Å²) >= 11 is 0. The van der Waals surface area contributed by atoms with Crippen LogP contribution in [0.15, 0.2) is 0 Å². The van der Waals surface area contributed by atoms with Crippen molar-refractivity contribution in [2.24, 2.45) is 0 Å². The fourth-order valence-electron chi connectivity index (χ4n) is 1.55. The van der Waals surface area contributed by atoms with E-state index in [1.807, 2.05) is 0 Å². The Morgan fingerprint density at radius 1 is 0.833 bits per heavy atom. The van der Waals surface area contributed by atoms with Gasteiger partial charge in [-0.2, -0.15) is 35.1 Å². The molecule has 2 atom stereocenters. The van der Waals surface area contributed by atoms with E-state index in [9.17, 15) is 49.4 Å². The van der Waals surface area contributed by atoms with Gasteiger partial charge in [-0.3, -0.25) is 0 Å². The van der Waals surface area contributed by atoms with Gasteiger partial charge >= 0.3 is 24.2 Å². The maximum absolute atomic E-state index is 13.9. The molecule has 0 aromatic carbocycles. The normalized spacial score (nSPS) is 19.4. The maximum Gasteiger partial charge on any atom is 0.457 e. The van der Waals surface area contributed by atoms with Crippen molar-refractivity contribution >= 4 is 5.97 Å². The van der Waals surface area contributed by atoms with Gasteiger partial charge in [0.2, 0.25) is 0 Å². The minimum atomic E-state index is -6.92. The SMILES string of the molecule is CC(C)(C)OC(=O)C(C)(O)CC(F)(C(F)(F)F)C(F)(F)C(F)(F)F. The van der Waals surface area contributed by atoms with Crippen LogP contribution in [-0.4, -0.2) is 46.2 Å². The van der Waals surface area contributed by atoms with Gasteiger partial charge < -0.3 is 9.84 Å². The summed E-state index contributed by atoms with van der Waals surface area (Å²) in [6, 6.07) is 0. The predicted molar refractivity (Wildman–Crippen MR) is 62.0 cm³/mol. The molecule has 0 aliphatic rings. The van der Waals surface area contributed by atoms with Crippen molar-refractivity contribution in [1.82, 2.24) is 0 Å². The molecule has 3 nitrogen and oxygen atoms in total. The molecule has 0 bridgehead atoms. The number of carbonyl (C=O) groups is 1. The maximum atomic E-state index is 13.9. The average molecular weight is 378 g/mol. The number of rotatable bonds is 4. The topological polar surface area (TPSA) is 46.5 Å². The van der Waals surface area contributed by atoms with Crippen molar-refractivity contribution in [1.29, 1.82) is 0 Å². The van der Waals surface area contributed by atoms with Crippen molar-refractivity contribution in [2.75, 3.05) is 0 Å². The van der Waals surface area contributed by atoms with Crippen molar-refractivity contribution < 1.29 is 54.2 Å². The van der Waals surface area contributed by atoms with Crippen LogP contribution in [-0.2, 0) is 9.53 Å². The molecule has 24 heavy (non-hydrogen) atoms. The summed E-state index contributed by atoms with van der Waals surface area (Å²) in [7, 11) is 0. The fourth-order valence-corrected chi connectivity index (χ4v) is 1.55. The number of carbonyl (C=O) groups excluding carboxylic acids is 1. The molecule has 0 saturated carbocycles. The molecule has 144 valence electrons. The molecular formula is C12H15F9O3. The smallest absolute Gasteiger partial charge is 0.457 e. The Morgan fingerprint density at radius 2 is 1.21 bits per heavy atom. The number of hydrogen-bond acceptors (Lipinski definition) is 3. The number of halogens is 9. The third-order valence-corrected chi connectivity index (χ3v) is 2.73. The lowest BCUT2D eigenvalue weighted by molar-refractivity contribution is -0.389. The summed E-state index contributed by atoms with van der Waals surface area (Å²) in [6.07, 6.45) is -16.6. The summed E-state index contributed by atoms with van der Waals surface area (Å²) < 4.78 is 119. The summed E-state index contributed by atoms with van der Waals surface area (Å²) in [5.74, 6) is -8.90. The van der Waals surface area contributed by atoms with E-state index in [1.54, 1.807) is 0 Å². The zero-order chi connectivity index (χ0) is 20.0. The largest absolute Gasteiger partial charge is 0.458 e. The highest BCUT2D eigenvalue weighted by atomic mass is 19.4. The van der Waals surface area contributed by atoms with Gasteiger partial charge in [-0.05, 0) is 27.7 Å². The number of aliphatic hydroxyl groups is 1. The Bertz CT molecular complexity index is 474. The van der Waals surface area contributed by atoms with Crippen LogP contribution in [0.1, 0.15) is 34.1 Å². The van der Waals surface area contributed by atoms with Gasteiger partial charge in [0.05, 0.1) is 0 Å². The highest BCUT2D eigenvalue weighted by molar-refractivity contribution is 5.79. The molecule has 0 spiro atoms. The van der Waals surface area contributed by atoms with Crippen LogP contribution in [0.4, 0.5) is 39.5 Å². The van der Waals surface area contributed by atoms with Gasteiger partial charge in [-0.1, -0.05) is 0 Å². The molecule has 12 heteroatoms. The first-order chi connectivity index (χ1) is 10.1. The molecular weight excluding hydrogens is 363 g/mol. The standard InChI is InChI=1S/C12H15F9O3/c1-7(2,3)24-6(22)8(4,23)5-9(13,11(16,17)18)10(14,15)12(19,20)21/h23H,5H2,1-4H3. The molecule has 2 unspecified atom stereocenters. The van der Waals surface area contributed by atoms with E-state index in [0.29, 0.717) is 0 Å². The second-order valence-electron chi connectivity index (χ2n) is 6.32. The monoisotopic (exact) mass is 378 g/mol. The first kappa shape index (κ1) is 22.8. The summed E-state index contributed by atoms with van der Waals surface area (Å²) in [4.78, 5) is 11.5. The molecule has 0 aromatic heterocycles. The highest BCUT2D eigenvalue weighted by Crippen LogP contribution is 2.55. The van der Waals surface area contributed by atoms with E-state index in [0.717, 1.165) is 0 Å². The summed E-state index contributed by atoms with van der Waals surface area (Å²) in [6.45, 7) is 3.68. The number of ether oxygens (including phenoxy) is 1. The molecule has 0 aliphatic carbocycles. The minimum absolute atomic E-state index is 0.146. The van der Waals surface area contributed by atoms with E-state index in [2.05, 4.69) is 4.74 Å². The van der Waals surface area contributed by atoms with Crippen LogP contribution in [0, 0.1) is 0 Å². The van der Waals surface area contributed by atoms with E-state index < -0.39 is 47.5 Å². The van der Waals surface area contributed by atoms with Crippen molar-refractivity contribution in [3.05, 3.63) is 0 Å². The van der Waals surface area contributed by atoms with E-state index in [1.165, 1.54) is 20.8 Å². The third kappa shape index (κ3) is 4.45. The van der Waals surface area contributed by atoms with Crippen LogP contribution in [0.2, 0.25) is 0 Å². The zero-order valence-electron chi connectivity index (χ0n) is 12.9. The van der Waals surface area contributed by atoms with Crippen LogP contribution in [0.25, 0.3) is 0 Å². The zero-order valence-corrected chi connectivity index (χ0v) is 12.9. The van der Waals surface area contributed by atoms with Crippen LogP contribution >= 0.6 is 0 Å². The molecule has 0 fully saturated rings. The number of esters is 1. The lowest BCUT2D eigenvalue weighted by Gasteiger charge is -2.39. The lowest BCUT2D eigenvalue weighted by atomic mass is 9.83. The Balaban J connectivity index is 5.97. The van der Waals surface area contributed by atoms with E-state index in [-0.39, 0.29) is 6.92 Å². The first-order valence-corrected chi connectivity index (χ1v) is 6.24. The second-order valence-corrected chi connectivity index (χ2v) is 6.32. The fraction of sp³-hybridized carbons (Fsp3) is 0.917. The first-order valence-electron chi connectivity index (χ1n) is 6.24. The molecule has 0 saturated heterocycles. The van der Waals surface area contributed by atoms with Gasteiger partial charge in [0, 0.05) is 6.42 Å². The number of alkyl halides is 9.